The van der Waals surface area contributed by atoms with Crippen LogP contribution in [0.25, 0.3) is 0 Å². The van der Waals surface area contributed by atoms with Crippen molar-refractivity contribution >= 4 is 17.5 Å². The van der Waals surface area contributed by atoms with E-state index in [1.165, 1.54) is 12.1 Å². The summed E-state index contributed by atoms with van der Waals surface area (Å²) >= 11 is 0. The Bertz CT molecular complexity index is 816. The molecule has 2 aromatic rings. The van der Waals surface area contributed by atoms with Gasteiger partial charge in [0.1, 0.15) is 11.9 Å². The lowest BCUT2D eigenvalue weighted by molar-refractivity contribution is -0.136. The lowest BCUT2D eigenvalue weighted by atomic mass is 10.0. The first-order valence-electron chi connectivity index (χ1n) is 7.64. The summed E-state index contributed by atoms with van der Waals surface area (Å²) in [5.41, 5.74) is 0.594. The molecule has 0 saturated heterocycles. The molecule has 0 aliphatic rings. The highest BCUT2D eigenvalue weighted by Crippen LogP contribution is 2.19. The van der Waals surface area contributed by atoms with Gasteiger partial charge < -0.3 is 10.6 Å². The van der Waals surface area contributed by atoms with Crippen LogP contribution in [0.5, 0.6) is 0 Å². The highest BCUT2D eigenvalue weighted by atomic mass is 19.1. The number of rotatable bonds is 4. The Hall–Kier alpha value is -3.27. The molecule has 128 valence electrons. The number of hydrogen-bond acceptors (Lipinski definition) is 4. The molecule has 2 rings (SSSR count). The molecule has 0 radical (unpaired) electrons. The molecule has 2 N–H and O–H groups in total. The van der Waals surface area contributed by atoms with Crippen molar-refractivity contribution in [3.8, 4) is 6.07 Å². The quantitative estimate of drug-likeness (QED) is 0.836. The third-order valence-corrected chi connectivity index (χ3v) is 3.51. The van der Waals surface area contributed by atoms with Crippen LogP contribution in [0.2, 0.25) is 0 Å². The second-order valence-electron chi connectivity index (χ2n) is 5.71. The Kier molecular flexibility index (Phi) is 5.79. The van der Waals surface area contributed by atoms with E-state index < -0.39 is 23.7 Å². The van der Waals surface area contributed by atoms with Crippen molar-refractivity contribution in [1.82, 2.24) is 10.3 Å². The van der Waals surface area contributed by atoms with Crippen LogP contribution in [0.3, 0.4) is 0 Å². The third kappa shape index (κ3) is 4.61. The number of amides is 2. The fraction of sp³-hybridized carbons (Fsp3) is 0.222. The van der Waals surface area contributed by atoms with Gasteiger partial charge in [0.15, 0.2) is 0 Å². The minimum absolute atomic E-state index is 0.0164. The fourth-order valence-electron chi connectivity index (χ4n) is 2.23. The summed E-state index contributed by atoms with van der Waals surface area (Å²) in [6.07, 6.45) is 1.61. The average molecular weight is 340 g/mol. The van der Waals surface area contributed by atoms with Crippen LogP contribution in [-0.2, 0) is 9.59 Å². The van der Waals surface area contributed by atoms with Gasteiger partial charge in [-0.15, -0.1) is 0 Å². The molecule has 7 heteroatoms. The van der Waals surface area contributed by atoms with E-state index in [-0.39, 0.29) is 17.2 Å². The number of benzene rings is 1. The Morgan fingerprint density at radius 1 is 1.20 bits per heavy atom. The van der Waals surface area contributed by atoms with Gasteiger partial charge >= 0.3 is 11.8 Å². The number of carbonyl (C=O) groups is 2. The molecule has 1 atom stereocenters. The summed E-state index contributed by atoms with van der Waals surface area (Å²) in [6, 6.07) is 10.1. The molecule has 0 aliphatic carbocycles. The minimum Gasteiger partial charge on any atom is -0.339 e. The molecular formula is C18H17FN4O2. The molecule has 1 aromatic heterocycles. The normalized spacial score (nSPS) is 11.5. The van der Waals surface area contributed by atoms with Gasteiger partial charge in [0.25, 0.3) is 0 Å². The van der Waals surface area contributed by atoms with E-state index in [1.54, 1.807) is 30.5 Å². The number of pyridine rings is 1. The van der Waals surface area contributed by atoms with E-state index in [0.29, 0.717) is 5.69 Å². The summed E-state index contributed by atoms with van der Waals surface area (Å²) < 4.78 is 13.3. The van der Waals surface area contributed by atoms with Crippen LogP contribution >= 0.6 is 0 Å². The fourth-order valence-corrected chi connectivity index (χ4v) is 2.23. The van der Waals surface area contributed by atoms with E-state index in [4.69, 9.17) is 5.26 Å². The van der Waals surface area contributed by atoms with E-state index in [1.807, 2.05) is 13.8 Å². The second kappa shape index (κ2) is 8.02. The van der Waals surface area contributed by atoms with Crippen LogP contribution < -0.4 is 10.6 Å². The molecule has 0 unspecified atom stereocenters. The molecule has 1 heterocycles. The van der Waals surface area contributed by atoms with Crippen molar-refractivity contribution in [2.45, 2.75) is 19.9 Å². The van der Waals surface area contributed by atoms with Gasteiger partial charge in [-0.05, 0) is 36.2 Å². The van der Waals surface area contributed by atoms with Gasteiger partial charge in [0.2, 0.25) is 0 Å². The maximum absolute atomic E-state index is 13.3. The number of aromatic nitrogens is 1. The first-order chi connectivity index (χ1) is 11.9. The number of nitrogens with one attached hydrogen (secondary N) is 2. The summed E-state index contributed by atoms with van der Waals surface area (Å²) in [5, 5.41) is 13.8. The van der Waals surface area contributed by atoms with Crippen LogP contribution in [0, 0.1) is 23.1 Å². The molecule has 0 fully saturated rings. The van der Waals surface area contributed by atoms with E-state index in [0.717, 1.165) is 6.07 Å². The lowest BCUT2D eigenvalue weighted by Crippen LogP contribution is -2.39. The van der Waals surface area contributed by atoms with Gasteiger partial charge in [-0.25, -0.2) is 4.39 Å². The highest BCUT2D eigenvalue weighted by Gasteiger charge is 2.23. The predicted octanol–water partition coefficient (Wildman–Crippen LogP) is 2.54. The number of nitrogens with zero attached hydrogens (tertiary/aromatic N) is 2. The minimum atomic E-state index is -0.905. The largest absolute Gasteiger partial charge is 0.339 e. The van der Waals surface area contributed by atoms with E-state index >= 15 is 0 Å². The number of nitriles is 1. The number of carbonyl (C=O) groups excluding carboxylic acids is 2. The van der Waals surface area contributed by atoms with Crippen molar-refractivity contribution in [2.75, 3.05) is 5.32 Å². The van der Waals surface area contributed by atoms with Crippen LogP contribution in [0.15, 0.2) is 42.6 Å². The molecule has 0 aliphatic heterocycles. The van der Waals surface area contributed by atoms with Crippen molar-refractivity contribution in [1.29, 1.82) is 5.26 Å². The number of anilines is 1. The van der Waals surface area contributed by atoms with E-state index in [2.05, 4.69) is 15.6 Å². The first kappa shape index (κ1) is 18.1. The van der Waals surface area contributed by atoms with Crippen LogP contribution in [0.4, 0.5) is 10.1 Å². The van der Waals surface area contributed by atoms with Crippen molar-refractivity contribution in [3.63, 3.8) is 0 Å². The summed E-state index contributed by atoms with van der Waals surface area (Å²) in [6.45, 7) is 3.80. The lowest BCUT2D eigenvalue weighted by Gasteiger charge is -2.21. The Morgan fingerprint density at radius 2 is 1.96 bits per heavy atom. The Balaban J connectivity index is 2.09. The van der Waals surface area contributed by atoms with Crippen molar-refractivity contribution in [3.05, 3.63) is 59.7 Å². The van der Waals surface area contributed by atoms with Gasteiger partial charge in [-0.2, -0.15) is 5.26 Å². The molecule has 25 heavy (non-hydrogen) atoms. The zero-order valence-electron chi connectivity index (χ0n) is 13.8. The van der Waals surface area contributed by atoms with Gasteiger partial charge in [0, 0.05) is 11.9 Å². The molecule has 1 aromatic carbocycles. The Morgan fingerprint density at radius 3 is 2.56 bits per heavy atom. The van der Waals surface area contributed by atoms with Crippen LogP contribution in [-0.4, -0.2) is 16.8 Å². The van der Waals surface area contributed by atoms with Gasteiger partial charge in [-0.1, -0.05) is 19.9 Å². The molecular weight excluding hydrogens is 323 g/mol. The number of halogens is 1. The SMILES string of the molecule is CC(C)[C@@H](NC(=O)C(=O)Nc1ccc(F)c(C#N)c1)c1ccccn1. The topological polar surface area (TPSA) is 94.9 Å². The smallest absolute Gasteiger partial charge is 0.313 e. The maximum atomic E-state index is 13.3. The first-order valence-corrected chi connectivity index (χ1v) is 7.64. The summed E-state index contributed by atoms with van der Waals surface area (Å²) in [5.74, 6) is -2.42. The zero-order valence-corrected chi connectivity index (χ0v) is 13.8. The predicted molar refractivity (Wildman–Crippen MR) is 89.7 cm³/mol. The molecule has 2 amide bonds. The summed E-state index contributed by atoms with van der Waals surface area (Å²) in [4.78, 5) is 28.4. The Labute approximate surface area is 144 Å². The average Bonchev–Trinajstić information content (AvgIpc) is 2.61. The van der Waals surface area contributed by atoms with Crippen molar-refractivity contribution < 1.29 is 14.0 Å². The van der Waals surface area contributed by atoms with Gasteiger partial charge in [-0.3, -0.25) is 14.6 Å². The number of hydrogen-bond donors (Lipinski definition) is 2. The van der Waals surface area contributed by atoms with E-state index in [9.17, 15) is 14.0 Å². The molecule has 6 nitrogen and oxygen atoms in total. The monoisotopic (exact) mass is 340 g/mol. The van der Waals surface area contributed by atoms with Gasteiger partial charge in [0.05, 0.1) is 17.3 Å². The molecule has 0 saturated carbocycles. The zero-order chi connectivity index (χ0) is 18.4. The third-order valence-electron chi connectivity index (χ3n) is 3.51. The highest BCUT2D eigenvalue weighted by molar-refractivity contribution is 6.39. The molecule has 0 bridgehead atoms. The summed E-state index contributed by atoms with van der Waals surface area (Å²) in [7, 11) is 0. The molecule has 0 spiro atoms. The van der Waals surface area contributed by atoms with Crippen LogP contribution in [0.1, 0.15) is 31.1 Å². The van der Waals surface area contributed by atoms with Crippen molar-refractivity contribution in [2.24, 2.45) is 5.92 Å². The standard InChI is InChI=1S/C18H17FN4O2/c1-11(2)16(15-5-3-4-8-21-15)23-18(25)17(24)22-13-6-7-14(19)12(9-13)10-20/h3-9,11,16H,1-2H3,(H,22,24)(H,23,25)/t16-/m1/s1. The second-order valence-corrected chi connectivity index (χ2v) is 5.71. The maximum Gasteiger partial charge on any atom is 0.313 e.